The predicted octanol–water partition coefficient (Wildman–Crippen LogP) is 3.60. The Morgan fingerprint density at radius 1 is 1.12 bits per heavy atom. The number of anilines is 1. The molecule has 2 heterocycles. The van der Waals surface area contributed by atoms with Crippen molar-refractivity contribution in [2.45, 2.75) is 13.3 Å². The number of nitrogens with two attached hydrogens (primary N) is 1. The zero-order valence-corrected chi connectivity index (χ0v) is 15.1. The van der Waals surface area contributed by atoms with Gasteiger partial charge in [0.25, 0.3) is 0 Å². The first kappa shape index (κ1) is 16.8. The number of ether oxygens (including phenoxy) is 1. The zero-order chi connectivity index (χ0) is 17.9. The third-order valence-electron chi connectivity index (χ3n) is 5.16. The summed E-state index contributed by atoms with van der Waals surface area (Å²) in [6, 6.07) is 12.5. The number of nitrogen functional groups attached to an aromatic ring is 1. The minimum Gasteiger partial charge on any atom is -0.493 e. The van der Waals surface area contributed by atoms with Crippen molar-refractivity contribution >= 4 is 16.7 Å². The van der Waals surface area contributed by atoms with Gasteiger partial charge in [-0.05, 0) is 42.6 Å². The van der Waals surface area contributed by atoms with Gasteiger partial charge >= 0.3 is 0 Å². The summed E-state index contributed by atoms with van der Waals surface area (Å²) < 4.78 is 6.23. The number of benzene rings is 2. The van der Waals surface area contributed by atoms with Gasteiger partial charge in [0.1, 0.15) is 5.75 Å². The quantitative estimate of drug-likeness (QED) is 0.763. The van der Waals surface area contributed by atoms with Gasteiger partial charge in [-0.25, -0.2) is 9.97 Å². The van der Waals surface area contributed by atoms with Gasteiger partial charge in [-0.2, -0.15) is 0 Å². The van der Waals surface area contributed by atoms with E-state index in [2.05, 4.69) is 46.1 Å². The fourth-order valence-electron chi connectivity index (χ4n) is 3.67. The maximum atomic E-state index is 6.23. The third-order valence-corrected chi connectivity index (χ3v) is 5.16. The molecule has 0 radical (unpaired) electrons. The maximum absolute atomic E-state index is 6.23. The zero-order valence-electron chi connectivity index (χ0n) is 15.1. The van der Waals surface area contributed by atoms with E-state index in [1.165, 1.54) is 13.0 Å². The van der Waals surface area contributed by atoms with Gasteiger partial charge in [-0.3, -0.25) is 0 Å². The molecule has 3 aromatic rings. The molecule has 4 rings (SSSR count). The average molecular weight is 348 g/mol. The number of aromatic nitrogens is 2. The number of rotatable bonds is 5. The molecule has 1 aromatic heterocycles. The van der Waals surface area contributed by atoms with Crippen molar-refractivity contribution in [3.63, 3.8) is 0 Å². The standard InChI is InChI=1S/C21H24N4O/c1-2-25-10-9-15(13-25)14-26-20-8-7-17(16-11-23-21(22)24-12-16)18-5-3-4-6-19(18)20/h3-8,11-12,15H,2,9-10,13-14H2,1H3,(H2,22,23,24). The first-order valence-electron chi connectivity index (χ1n) is 9.19. The van der Waals surface area contributed by atoms with Crippen molar-refractivity contribution in [2.75, 3.05) is 32.0 Å². The number of hydrogen-bond acceptors (Lipinski definition) is 5. The summed E-state index contributed by atoms with van der Waals surface area (Å²) in [5.74, 6) is 1.84. The minimum atomic E-state index is 0.288. The Morgan fingerprint density at radius 2 is 1.88 bits per heavy atom. The van der Waals surface area contributed by atoms with Gasteiger partial charge < -0.3 is 15.4 Å². The van der Waals surface area contributed by atoms with Crippen LogP contribution in [0.3, 0.4) is 0 Å². The first-order valence-corrected chi connectivity index (χ1v) is 9.19. The molecule has 0 bridgehead atoms. The normalized spacial score (nSPS) is 17.7. The van der Waals surface area contributed by atoms with Crippen LogP contribution in [0.5, 0.6) is 5.75 Å². The molecule has 2 aromatic carbocycles. The van der Waals surface area contributed by atoms with E-state index in [9.17, 15) is 0 Å². The number of nitrogens with zero attached hydrogens (tertiary/aromatic N) is 3. The van der Waals surface area contributed by atoms with Crippen LogP contribution in [-0.2, 0) is 0 Å². The predicted molar refractivity (Wildman–Crippen MR) is 105 cm³/mol. The Bertz CT molecular complexity index is 894. The summed E-state index contributed by atoms with van der Waals surface area (Å²) in [7, 11) is 0. The van der Waals surface area contributed by atoms with Crippen LogP contribution in [0.2, 0.25) is 0 Å². The average Bonchev–Trinajstić information content (AvgIpc) is 3.15. The molecule has 1 atom stereocenters. The molecule has 26 heavy (non-hydrogen) atoms. The molecule has 1 unspecified atom stereocenters. The Balaban J connectivity index is 1.61. The van der Waals surface area contributed by atoms with Crippen LogP contribution >= 0.6 is 0 Å². The summed E-state index contributed by atoms with van der Waals surface area (Å²) in [6.07, 6.45) is 4.75. The monoisotopic (exact) mass is 348 g/mol. The summed E-state index contributed by atoms with van der Waals surface area (Å²) in [4.78, 5) is 10.7. The van der Waals surface area contributed by atoms with E-state index in [1.54, 1.807) is 12.4 Å². The Hall–Kier alpha value is -2.66. The molecule has 0 amide bonds. The lowest BCUT2D eigenvalue weighted by Crippen LogP contribution is -2.21. The molecular formula is C21H24N4O. The SMILES string of the molecule is CCN1CCC(COc2ccc(-c3cnc(N)nc3)c3ccccc23)C1. The lowest BCUT2D eigenvalue weighted by Gasteiger charge is -2.16. The van der Waals surface area contributed by atoms with E-state index >= 15 is 0 Å². The molecule has 1 aliphatic rings. The van der Waals surface area contributed by atoms with Crippen LogP contribution in [0.1, 0.15) is 13.3 Å². The molecular weight excluding hydrogens is 324 g/mol. The summed E-state index contributed by atoms with van der Waals surface area (Å²) in [5, 5.41) is 2.26. The van der Waals surface area contributed by atoms with Crippen molar-refractivity contribution in [2.24, 2.45) is 5.92 Å². The molecule has 0 saturated carbocycles. The summed E-state index contributed by atoms with van der Waals surface area (Å²) in [6.45, 7) is 6.43. The minimum absolute atomic E-state index is 0.288. The summed E-state index contributed by atoms with van der Waals surface area (Å²) >= 11 is 0. The molecule has 0 spiro atoms. The van der Waals surface area contributed by atoms with Gasteiger partial charge in [-0.1, -0.05) is 31.2 Å². The van der Waals surface area contributed by atoms with Crippen molar-refractivity contribution in [3.05, 3.63) is 48.8 Å². The van der Waals surface area contributed by atoms with E-state index in [4.69, 9.17) is 10.5 Å². The van der Waals surface area contributed by atoms with Gasteiger partial charge in [0, 0.05) is 35.8 Å². The van der Waals surface area contributed by atoms with Crippen LogP contribution in [0.15, 0.2) is 48.8 Å². The molecule has 1 saturated heterocycles. The fourth-order valence-corrected chi connectivity index (χ4v) is 3.67. The highest BCUT2D eigenvalue weighted by Gasteiger charge is 2.22. The number of likely N-dealkylation sites (tertiary alicyclic amines) is 1. The highest BCUT2D eigenvalue weighted by molar-refractivity contribution is 5.99. The Kier molecular flexibility index (Phi) is 4.71. The van der Waals surface area contributed by atoms with Gasteiger partial charge in [0.2, 0.25) is 5.95 Å². The Labute approximate surface area is 153 Å². The van der Waals surface area contributed by atoms with Crippen molar-refractivity contribution in [1.29, 1.82) is 0 Å². The smallest absolute Gasteiger partial charge is 0.219 e. The third kappa shape index (κ3) is 3.35. The van der Waals surface area contributed by atoms with Gasteiger partial charge in [0.15, 0.2) is 0 Å². The molecule has 134 valence electrons. The van der Waals surface area contributed by atoms with Crippen molar-refractivity contribution in [1.82, 2.24) is 14.9 Å². The second kappa shape index (κ2) is 7.30. The van der Waals surface area contributed by atoms with Crippen LogP contribution < -0.4 is 10.5 Å². The maximum Gasteiger partial charge on any atom is 0.219 e. The highest BCUT2D eigenvalue weighted by Crippen LogP contribution is 2.34. The highest BCUT2D eigenvalue weighted by atomic mass is 16.5. The largest absolute Gasteiger partial charge is 0.493 e. The van der Waals surface area contributed by atoms with Crippen molar-refractivity contribution in [3.8, 4) is 16.9 Å². The molecule has 1 aliphatic heterocycles. The second-order valence-corrected chi connectivity index (χ2v) is 6.85. The number of fused-ring (bicyclic) bond motifs is 1. The van der Waals surface area contributed by atoms with Gasteiger partial charge in [0.05, 0.1) is 6.61 Å². The van der Waals surface area contributed by atoms with E-state index in [0.29, 0.717) is 5.92 Å². The van der Waals surface area contributed by atoms with Crippen LogP contribution in [-0.4, -0.2) is 41.1 Å². The topological polar surface area (TPSA) is 64.3 Å². The molecule has 2 N–H and O–H groups in total. The van der Waals surface area contributed by atoms with Crippen LogP contribution in [0, 0.1) is 5.92 Å². The van der Waals surface area contributed by atoms with Crippen molar-refractivity contribution < 1.29 is 4.74 Å². The van der Waals surface area contributed by atoms with E-state index in [-0.39, 0.29) is 5.95 Å². The van der Waals surface area contributed by atoms with E-state index in [1.807, 2.05) is 12.1 Å². The molecule has 0 aliphatic carbocycles. The van der Waals surface area contributed by atoms with Crippen LogP contribution in [0.4, 0.5) is 5.95 Å². The number of hydrogen-bond donors (Lipinski definition) is 1. The molecule has 5 heteroatoms. The second-order valence-electron chi connectivity index (χ2n) is 6.85. The first-order chi connectivity index (χ1) is 12.7. The van der Waals surface area contributed by atoms with E-state index in [0.717, 1.165) is 47.3 Å². The fraction of sp³-hybridized carbons (Fsp3) is 0.333. The lowest BCUT2D eigenvalue weighted by atomic mass is 9.99. The molecule has 5 nitrogen and oxygen atoms in total. The van der Waals surface area contributed by atoms with E-state index < -0.39 is 0 Å². The Morgan fingerprint density at radius 3 is 2.62 bits per heavy atom. The van der Waals surface area contributed by atoms with Crippen LogP contribution in [0.25, 0.3) is 21.9 Å². The van der Waals surface area contributed by atoms with Gasteiger partial charge in [-0.15, -0.1) is 0 Å². The summed E-state index contributed by atoms with van der Waals surface area (Å²) in [5.41, 5.74) is 7.66. The molecule has 1 fully saturated rings. The lowest BCUT2D eigenvalue weighted by molar-refractivity contribution is 0.245.